The average molecular weight is 272 g/mol. The summed E-state index contributed by atoms with van der Waals surface area (Å²) in [7, 11) is 3.53. The van der Waals surface area contributed by atoms with Crippen molar-refractivity contribution in [1.29, 1.82) is 0 Å². The van der Waals surface area contributed by atoms with E-state index in [0.29, 0.717) is 6.04 Å². The van der Waals surface area contributed by atoms with Crippen molar-refractivity contribution in [3.63, 3.8) is 0 Å². The van der Waals surface area contributed by atoms with Crippen LogP contribution in [0.25, 0.3) is 0 Å². The summed E-state index contributed by atoms with van der Waals surface area (Å²) in [6, 6.07) is 0.713. The molecule has 5 heteroatoms. The van der Waals surface area contributed by atoms with E-state index in [9.17, 15) is 4.79 Å². The summed E-state index contributed by atoms with van der Waals surface area (Å²) < 4.78 is 10.3. The molecule has 2 atom stereocenters. The molecule has 0 amide bonds. The Kier molecular flexibility index (Phi) is 6.23. The molecule has 1 N–H and O–H groups in total. The quantitative estimate of drug-likeness (QED) is 0.702. The van der Waals surface area contributed by atoms with Crippen LogP contribution in [0.2, 0.25) is 0 Å². The van der Waals surface area contributed by atoms with Crippen LogP contribution in [0.4, 0.5) is 0 Å². The Hall–Kier alpha value is -0.650. The van der Waals surface area contributed by atoms with Crippen LogP contribution in [0.1, 0.15) is 33.6 Å². The Morgan fingerprint density at radius 3 is 2.74 bits per heavy atom. The fourth-order valence-electron chi connectivity index (χ4n) is 2.55. The van der Waals surface area contributed by atoms with Crippen LogP contribution < -0.4 is 5.32 Å². The van der Waals surface area contributed by atoms with Gasteiger partial charge in [-0.2, -0.15) is 0 Å². The zero-order valence-corrected chi connectivity index (χ0v) is 12.9. The van der Waals surface area contributed by atoms with E-state index in [2.05, 4.69) is 17.3 Å². The van der Waals surface area contributed by atoms with Crippen LogP contribution in [0.15, 0.2) is 0 Å². The van der Waals surface area contributed by atoms with Gasteiger partial charge >= 0.3 is 5.97 Å². The van der Waals surface area contributed by atoms with E-state index in [-0.39, 0.29) is 12.0 Å². The summed E-state index contributed by atoms with van der Waals surface area (Å²) in [6.07, 6.45) is 1.80. The lowest BCUT2D eigenvalue weighted by atomic mass is 9.96. The third-order valence-corrected chi connectivity index (χ3v) is 3.74. The van der Waals surface area contributed by atoms with Crippen LogP contribution >= 0.6 is 0 Å². The zero-order valence-electron chi connectivity index (χ0n) is 12.9. The van der Waals surface area contributed by atoms with Crippen molar-refractivity contribution in [3.05, 3.63) is 0 Å². The molecule has 1 aliphatic rings. The second kappa shape index (κ2) is 7.22. The molecule has 0 radical (unpaired) electrons. The molecule has 2 unspecified atom stereocenters. The molecule has 5 nitrogen and oxygen atoms in total. The molecule has 1 fully saturated rings. The van der Waals surface area contributed by atoms with Crippen molar-refractivity contribution in [2.75, 3.05) is 33.9 Å². The van der Waals surface area contributed by atoms with Gasteiger partial charge in [-0.25, -0.2) is 0 Å². The van der Waals surface area contributed by atoms with Crippen molar-refractivity contribution >= 4 is 5.97 Å². The summed E-state index contributed by atoms with van der Waals surface area (Å²) in [6.45, 7) is 8.47. The van der Waals surface area contributed by atoms with Crippen LogP contribution in [-0.2, 0) is 14.3 Å². The molecule has 0 aromatic heterocycles. The Morgan fingerprint density at radius 2 is 2.26 bits per heavy atom. The number of rotatable bonds is 7. The predicted octanol–water partition coefficient (Wildman–Crippen LogP) is 1.03. The SMILES string of the molecule is COC(=O)C(C)(CCN(C)C1CCOC1)NC(C)C. The first-order valence-electron chi connectivity index (χ1n) is 7.03. The largest absolute Gasteiger partial charge is 0.468 e. The molecule has 1 heterocycles. The van der Waals surface area contributed by atoms with Crippen molar-refractivity contribution in [2.45, 2.75) is 51.2 Å². The highest BCUT2D eigenvalue weighted by Gasteiger charge is 2.35. The Bertz CT molecular complexity index is 290. The van der Waals surface area contributed by atoms with Gasteiger partial charge in [0.25, 0.3) is 0 Å². The van der Waals surface area contributed by atoms with Gasteiger partial charge in [0.15, 0.2) is 0 Å². The summed E-state index contributed by atoms with van der Waals surface area (Å²) in [5.41, 5.74) is -0.628. The van der Waals surface area contributed by atoms with Crippen molar-refractivity contribution in [1.82, 2.24) is 10.2 Å². The van der Waals surface area contributed by atoms with Crippen LogP contribution in [0, 0.1) is 0 Å². The summed E-state index contributed by atoms with van der Waals surface area (Å²) in [5, 5.41) is 3.32. The molecule has 1 saturated heterocycles. The highest BCUT2D eigenvalue weighted by molar-refractivity contribution is 5.80. The van der Waals surface area contributed by atoms with Gasteiger partial charge in [0, 0.05) is 25.2 Å². The Morgan fingerprint density at radius 1 is 1.58 bits per heavy atom. The number of methoxy groups -OCH3 is 1. The summed E-state index contributed by atoms with van der Waals surface area (Å²) >= 11 is 0. The van der Waals surface area contributed by atoms with E-state index in [4.69, 9.17) is 9.47 Å². The van der Waals surface area contributed by atoms with Gasteiger partial charge in [-0.15, -0.1) is 0 Å². The summed E-state index contributed by atoms with van der Waals surface area (Å²) in [4.78, 5) is 14.2. The fourth-order valence-corrected chi connectivity index (χ4v) is 2.55. The molecule has 0 aromatic carbocycles. The lowest BCUT2D eigenvalue weighted by molar-refractivity contribution is -0.148. The van der Waals surface area contributed by atoms with E-state index in [1.807, 2.05) is 20.8 Å². The molecule has 1 rings (SSSR count). The number of hydrogen-bond donors (Lipinski definition) is 1. The van der Waals surface area contributed by atoms with Crippen molar-refractivity contribution < 1.29 is 14.3 Å². The number of likely N-dealkylation sites (N-methyl/N-ethyl adjacent to an activating group) is 1. The molecule has 1 aliphatic heterocycles. The number of ether oxygens (including phenoxy) is 2. The van der Waals surface area contributed by atoms with Gasteiger partial charge in [0.1, 0.15) is 5.54 Å². The van der Waals surface area contributed by atoms with Crippen LogP contribution in [-0.4, -0.2) is 62.4 Å². The number of hydrogen-bond acceptors (Lipinski definition) is 5. The maximum Gasteiger partial charge on any atom is 0.325 e. The normalized spacial score (nSPS) is 22.8. The van der Waals surface area contributed by atoms with Gasteiger partial charge in [0.2, 0.25) is 0 Å². The second-order valence-electron chi connectivity index (χ2n) is 5.87. The zero-order chi connectivity index (χ0) is 14.5. The molecule has 19 heavy (non-hydrogen) atoms. The maximum absolute atomic E-state index is 12.0. The lowest BCUT2D eigenvalue weighted by Crippen LogP contribution is -2.54. The van der Waals surface area contributed by atoms with Gasteiger partial charge in [-0.3, -0.25) is 10.1 Å². The minimum absolute atomic E-state index is 0.197. The second-order valence-corrected chi connectivity index (χ2v) is 5.87. The number of carbonyl (C=O) groups is 1. The summed E-state index contributed by atoms with van der Waals surface area (Å²) in [5.74, 6) is -0.197. The lowest BCUT2D eigenvalue weighted by Gasteiger charge is -2.33. The van der Waals surface area contributed by atoms with Gasteiger partial charge < -0.3 is 14.4 Å². The first-order valence-corrected chi connectivity index (χ1v) is 7.03. The maximum atomic E-state index is 12.0. The number of esters is 1. The van der Waals surface area contributed by atoms with Gasteiger partial charge in [0.05, 0.1) is 13.7 Å². The smallest absolute Gasteiger partial charge is 0.325 e. The molecular weight excluding hydrogens is 244 g/mol. The van der Waals surface area contributed by atoms with Crippen LogP contribution in [0.5, 0.6) is 0 Å². The third-order valence-electron chi connectivity index (χ3n) is 3.74. The Labute approximate surface area is 116 Å². The predicted molar refractivity (Wildman–Crippen MR) is 75.2 cm³/mol. The monoisotopic (exact) mass is 272 g/mol. The van der Waals surface area contributed by atoms with E-state index < -0.39 is 5.54 Å². The number of nitrogens with one attached hydrogen (secondary N) is 1. The highest BCUT2D eigenvalue weighted by atomic mass is 16.5. The molecule has 112 valence electrons. The fraction of sp³-hybridized carbons (Fsp3) is 0.929. The minimum Gasteiger partial charge on any atom is -0.468 e. The van der Waals surface area contributed by atoms with E-state index in [1.54, 1.807) is 0 Å². The average Bonchev–Trinajstić information content (AvgIpc) is 2.88. The molecule has 0 aliphatic carbocycles. The molecule has 0 bridgehead atoms. The van der Waals surface area contributed by atoms with E-state index in [0.717, 1.165) is 32.6 Å². The van der Waals surface area contributed by atoms with E-state index in [1.165, 1.54) is 7.11 Å². The Balaban J connectivity index is 2.54. The molecule has 0 spiro atoms. The van der Waals surface area contributed by atoms with Gasteiger partial charge in [-0.1, -0.05) is 0 Å². The van der Waals surface area contributed by atoms with E-state index >= 15 is 0 Å². The highest BCUT2D eigenvalue weighted by Crippen LogP contribution is 2.17. The van der Waals surface area contributed by atoms with Crippen LogP contribution in [0.3, 0.4) is 0 Å². The first-order chi connectivity index (χ1) is 8.89. The van der Waals surface area contributed by atoms with Crippen molar-refractivity contribution in [2.24, 2.45) is 0 Å². The van der Waals surface area contributed by atoms with Crippen molar-refractivity contribution in [3.8, 4) is 0 Å². The number of carbonyl (C=O) groups excluding carboxylic acids is 1. The number of nitrogens with zero attached hydrogens (tertiary/aromatic N) is 1. The standard InChI is InChI=1S/C14H28N2O3/c1-11(2)15-14(3,13(17)18-5)7-8-16(4)12-6-9-19-10-12/h11-12,15H,6-10H2,1-5H3. The minimum atomic E-state index is -0.628. The molecular formula is C14H28N2O3. The molecule has 0 saturated carbocycles. The molecule has 0 aromatic rings. The first kappa shape index (κ1) is 16.4. The third kappa shape index (κ3) is 4.75. The van der Waals surface area contributed by atoms with Gasteiger partial charge in [-0.05, 0) is 40.7 Å². The topological polar surface area (TPSA) is 50.8 Å².